The lowest BCUT2D eigenvalue weighted by atomic mass is 10.1. The summed E-state index contributed by atoms with van der Waals surface area (Å²) in [7, 11) is 0. The maximum Gasteiger partial charge on any atom is 0.159 e. The smallest absolute Gasteiger partial charge is 0.159 e. The first-order valence-corrected chi connectivity index (χ1v) is 8.61. The van der Waals surface area contributed by atoms with Crippen LogP contribution in [-0.2, 0) is 6.42 Å². The summed E-state index contributed by atoms with van der Waals surface area (Å²) < 4.78 is 0. The number of carbonyl (C=O) groups excluding carboxylic acids is 1. The Morgan fingerprint density at radius 3 is 2.52 bits per heavy atom. The third-order valence-electron chi connectivity index (χ3n) is 4.51. The number of hydrogen-bond donors (Lipinski definition) is 0. The normalized spacial score (nSPS) is 13.5. The summed E-state index contributed by atoms with van der Waals surface area (Å²) in [6.07, 6.45) is 10.6. The van der Waals surface area contributed by atoms with Crippen molar-refractivity contribution in [3.05, 3.63) is 29.3 Å². The lowest BCUT2D eigenvalue weighted by Crippen LogP contribution is -2.21. The number of rotatable bonds is 9. The van der Waals surface area contributed by atoms with E-state index in [0.717, 1.165) is 18.5 Å². The fraction of sp³-hybridized carbons (Fsp3) is 0.632. The second kappa shape index (κ2) is 8.21. The molecule has 116 valence electrons. The molecule has 2 rings (SSSR count). The van der Waals surface area contributed by atoms with E-state index in [2.05, 4.69) is 24.0 Å². The average Bonchev–Trinajstić information content (AvgIpc) is 2.88. The van der Waals surface area contributed by atoms with Gasteiger partial charge in [0, 0.05) is 24.3 Å². The highest BCUT2D eigenvalue weighted by Crippen LogP contribution is 2.29. The minimum absolute atomic E-state index is 0.170. The molecule has 0 spiro atoms. The first-order valence-electron chi connectivity index (χ1n) is 8.61. The van der Waals surface area contributed by atoms with E-state index in [1.807, 2.05) is 6.07 Å². The van der Waals surface area contributed by atoms with Crippen LogP contribution in [0.3, 0.4) is 0 Å². The first kappa shape index (κ1) is 16.1. The van der Waals surface area contributed by atoms with Crippen LogP contribution in [0.2, 0.25) is 0 Å². The zero-order valence-corrected chi connectivity index (χ0v) is 13.7. The molecule has 0 atom stereocenters. The van der Waals surface area contributed by atoms with E-state index in [4.69, 9.17) is 0 Å². The Labute approximate surface area is 129 Å². The number of benzene rings is 1. The number of Topliss-reactive ketones (excluding diaryl/α,β-unsaturated/α-hetero) is 1. The summed E-state index contributed by atoms with van der Waals surface area (Å²) >= 11 is 0. The van der Waals surface area contributed by atoms with Gasteiger partial charge in [0.15, 0.2) is 5.78 Å². The molecule has 0 unspecified atom stereocenters. The minimum Gasteiger partial charge on any atom is -0.371 e. The fourth-order valence-corrected chi connectivity index (χ4v) is 3.18. The zero-order chi connectivity index (χ0) is 15.1. The minimum atomic E-state index is 0.170. The summed E-state index contributed by atoms with van der Waals surface area (Å²) in [6, 6.07) is 6.20. The van der Waals surface area contributed by atoms with Crippen LogP contribution in [-0.4, -0.2) is 18.9 Å². The largest absolute Gasteiger partial charge is 0.371 e. The number of ketones is 1. The van der Waals surface area contributed by atoms with Crippen LogP contribution in [0.4, 0.5) is 5.69 Å². The molecule has 0 aliphatic carbocycles. The van der Waals surface area contributed by atoms with Crippen LogP contribution < -0.4 is 4.90 Å². The van der Waals surface area contributed by atoms with Crippen molar-refractivity contribution in [3.63, 3.8) is 0 Å². The van der Waals surface area contributed by atoms with Crippen molar-refractivity contribution in [2.75, 3.05) is 18.0 Å². The van der Waals surface area contributed by atoms with Gasteiger partial charge in [-0.3, -0.25) is 4.79 Å². The van der Waals surface area contributed by atoms with Crippen LogP contribution in [0.15, 0.2) is 18.2 Å². The van der Waals surface area contributed by atoms with E-state index in [-0.39, 0.29) is 5.78 Å². The third-order valence-corrected chi connectivity index (χ3v) is 4.51. The van der Waals surface area contributed by atoms with Gasteiger partial charge in [0.05, 0.1) is 0 Å². The second-order valence-electron chi connectivity index (χ2n) is 6.26. The quantitative estimate of drug-likeness (QED) is 0.470. The zero-order valence-electron chi connectivity index (χ0n) is 13.7. The molecule has 0 fully saturated rings. The molecule has 0 bridgehead atoms. The molecule has 0 N–H and O–H groups in total. The standard InChI is InChI=1S/C19H29NO/c1-3-4-5-6-7-8-9-13-20-14-12-18-15-17(16(2)21)10-11-19(18)20/h10-11,15H,3-9,12-14H2,1-2H3. The number of fused-ring (bicyclic) bond motifs is 1. The molecule has 1 aliphatic rings. The maximum absolute atomic E-state index is 11.4. The molecule has 0 radical (unpaired) electrons. The SMILES string of the molecule is CCCCCCCCCN1CCc2cc(C(C)=O)ccc21. The second-order valence-corrected chi connectivity index (χ2v) is 6.26. The first-order chi connectivity index (χ1) is 10.2. The van der Waals surface area contributed by atoms with Crippen molar-refractivity contribution >= 4 is 11.5 Å². The molecule has 0 saturated carbocycles. The van der Waals surface area contributed by atoms with Crippen molar-refractivity contribution in [2.24, 2.45) is 0 Å². The molecular formula is C19H29NO. The molecule has 0 saturated heterocycles. The molecule has 1 aliphatic heterocycles. The van der Waals surface area contributed by atoms with Crippen molar-refractivity contribution in [3.8, 4) is 0 Å². The van der Waals surface area contributed by atoms with Gasteiger partial charge in [-0.2, -0.15) is 0 Å². The molecule has 1 heterocycles. The Morgan fingerprint density at radius 1 is 1.10 bits per heavy atom. The topological polar surface area (TPSA) is 20.3 Å². The van der Waals surface area contributed by atoms with E-state index >= 15 is 0 Å². The van der Waals surface area contributed by atoms with Gasteiger partial charge in [0.2, 0.25) is 0 Å². The number of anilines is 1. The summed E-state index contributed by atoms with van der Waals surface area (Å²) in [5, 5.41) is 0. The van der Waals surface area contributed by atoms with Crippen LogP contribution in [0, 0.1) is 0 Å². The Morgan fingerprint density at radius 2 is 1.81 bits per heavy atom. The van der Waals surface area contributed by atoms with E-state index in [1.54, 1.807) is 6.92 Å². The van der Waals surface area contributed by atoms with Gasteiger partial charge in [-0.25, -0.2) is 0 Å². The summed E-state index contributed by atoms with van der Waals surface area (Å²) in [5.74, 6) is 0.170. The molecule has 0 amide bonds. The molecule has 21 heavy (non-hydrogen) atoms. The van der Waals surface area contributed by atoms with E-state index in [9.17, 15) is 4.79 Å². The lowest BCUT2D eigenvalue weighted by Gasteiger charge is -2.19. The van der Waals surface area contributed by atoms with Gasteiger partial charge < -0.3 is 4.90 Å². The highest BCUT2D eigenvalue weighted by atomic mass is 16.1. The van der Waals surface area contributed by atoms with Crippen molar-refractivity contribution in [2.45, 2.75) is 65.2 Å². The Balaban J connectivity index is 1.74. The van der Waals surface area contributed by atoms with Crippen LogP contribution in [0.25, 0.3) is 0 Å². The summed E-state index contributed by atoms with van der Waals surface area (Å²) in [6.45, 7) is 6.20. The Hall–Kier alpha value is -1.31. The van der Waals surface area contributed by atoms with Gasteiger partial charge in [-0.15, -0.1) is 0 Å². The van der Waals surface area contributed by atoms with E-state index in [0.29, 0.717) is 0 Å². The molecule has 1 aromatic carbocycles. The van der Waals surface area contributed by atoms with E-state index in [1.165, 1.54) is 62.7 Å². The van der Waals surface area contributed by atoms with Crippen LogP contribution >= 0.6 is 0 Å². The van der Waals surface area contributed by atoms with E-state index < -0.39 is 0 Å². The molecule has 0 aromatic heterocycles. The predicted octanol–water partition coefficient (Wildman–Crippen LogP) is 5.00. The molecular weight excluding hydrogens is 258 g/mol. The number of hydrogen-bond acceptors (Lipinski definition) is 2. The number of carbonyl (C=O) groups is 1. The molecule has 2 nitrogen and oxygen atoms in total. The predicted molar refractivity (Wildman–Crippen MR) is 90.4 cm³/mol. The van der Waals surface area contributed by atoms with Gasteiger partial charge in [-0.1, -0.05) is 45.4 Å². The highest BCUT2D eigenvalue weighted by molar-refractivity contribution is 5.94. The van der Waals surface area contributed by atoms with Gasteiger partial charge in [-0.05, 0) is 43.5 Å². The summed E-state index contributed by atoms with van der Waals surface area (Å²) in [4.78, 5) is 13.9. The Kier molecular flexibility index (Phi) is 6.28. The van der Waals surface area contributed by atoms with Gasteiger partial charge >= 0.3 is 0 Å². The lowest BCUT2D eigenvalue weighted by molar-refractivity contribution is 0.101. The molecule has 1 aromatic rings. The number of nitrogens with zero attached hydrogens (tertiary/aromatic N) is 1. The van der Waals surface area contributed by atoms with Gasteiger partial charge in [0.25, 0.3) is 0 Å². The fourth-order valence-electron chi connectivity index (χ4n) is 3.18. The van der Waals surface area contributed by atoms with Crippen LogP contribution in [0.1, 0.15) is 74.7 Å². The Bertz CT molecular complexity index is 467. The highest BCUT2D eigenvalue weighted by Gasteiger charge is 2.19. The van der Waals surface area contributed by atoms with Crippen molar-refractivity contribution in [1.29, 1.82) is 0 Å². The number of unbranched alkanes of at least 4 members (excludes halogenated alkanes) is 6. The monoisotopic (exact) mass is 287 g/mol. The van der Waals surface area contributed by atoms with Crippen molar-refractivity contribution in [1.82, 2.24) is 0 Å². The van der Waals surface area contributed by atoms with Crippen molar-refractivity contribution < 1.29 is 4.79 Å². The maximum atomic E-state index is 11.4. The third kappa shape index (κ3) is 4.59. The summed E-state index contributed by atoms with van der Waals surface area (Å²) in [5.41, 5.74) is 3.56. The van der Waals surface area contributed by atoms with Crippen LogP contribution in [0.5, 0.6) is 0 Å². The molecule has 2 heteroatoms. The van der Waals surface area contributed by atoms with Gasteiger partial charge in [0.1, 0.15) is 0 Å². The average molecular weight is 287 g/mol.